The minimum Gasteiger partial charge on any atom is -0.501 e. The van der Waals surface area contributed by atoms with Crippen molar-refractivity contribution in [1.82, 2.24) is 19.7 Å². The molecule has 2 unspecified atom stereocenters. The first-order valence-electron chi connectivity index (χ1n) is 11.4. The number of unbranched alkanes of at least 4 members (excludes halogenated alkanes) is 3. The fraction of sp³-hybridized carbons (Fsp3) is 0.542. The van der Waals surface area contributed by atoms with E-state index < -0.39 is 18.0 Å². The van der Waals surface area contributed by atoms with E-state index in [1.807, 2.05) is 12.2 Å². The van der Waals surface area contributed by atoms with Crippen molar-refractivity contribution in [3.63, 3.8) is 0 Å². The van der Waals surface area contributed by atoms with E-state index in [9.17, 15) is 14.4 Å². The maximum absolute atomic E-state index is 13.7. The topological polar surface area (TPSA) is 95.2 Å². The van der Waals surface area contributed by atoms with Crippen LogP contribution in [0, 0.1) is 0 Å². The summed E-state index contributed by atoms with van der Waals surface area (Å²) in [4.78, 5) is 46.9. The highest BCUT2D eigenvalue weighted by molar-refractivity contribution is 6.05. The second-order valence-electron chi connectivity index (χ2n) is 8.34. The van der Waals surface area contributed by atoms with Gasteiger partial charge in [0.25, 0.3) is 5.91 Å². The molecule has 0 bridgehead atoms. The van der Waals surface area contributed by atoms with Crippen molar-refractivity contribution in [2.24, 2.45) is 0 Å². The first-order chi connectivity index (χ1) is 15.9. The van der Waals surface area contributed by atoms with Gasteiger partial charge in [-0.3, -0.25) is 19.4 Å². The van der Waals surface area contributed by atoms with Gasteiger partial charge in [-0.1, -0.05) is 26.2 Å². The Labute approximate surface area is 195 Å². The molecule has 4 amide bonds. The number of amides is 4. The summed E-state index contributed by atoms with van der Waals surface area (Å²) < 4.78 is 10.9. The zero-order valence-corrected chi connectivity index (χ0v) is 19.9. The van der Waals surface area contributed by atoms with Gasteiger partial charge >= 0.3 is 6.03 Å². The van der Waals surface area contributed by atoms with E-state index in [1.54, 1.807) is 44.6 Å². The Bertz CT molecular complexity index is 908. The number of nitrogens with one attached hydrogen (secondary N) is 1. The third-order valence-corrected chi connectivity index (χ3v) is 6.15. The van der Waals surface area contributed by atoms with Crippen LogP contribution in [0.4, 0.5) is 4.79 Å². The Morgan fingerprint density at radius 2 is 2.00 bits per heavy atom. The van der Waals surface area contributed by atoms with Crippen molar-refractivity contribution in [2.45, 2.75) is 51.2 Å². The number of carbonyl (C=O) groups is 3. The van der Waals surface area contributed by atoms with Crippen LogP contribution in [0.5, 0.6) is 0 Å². The van der Waals surface area contributed by atoms with E-state index in [0.29, 0.717) is 30.0 Å². The predicted octanol–water partition coefficient (Wildman–Crippen LogP) is 3.19. The number of piperazine rings is 1. The van der Waals surface area contributed by atoms with Crippen LogP contribution in [0.15, 0.2) is 42.1 Å². The van der Waals surface area contributed by atoms with Crippen LogP contribution in [-0.2, 0) is 19.1 Å². The molecule has 1 aliphatic carbocycles. The molecule has 1 aromatic rings. The molecule has 0 radical (unpaired) electrons. The number of hydrogen-bond donors (Lipinski definition) is 1. The van der Waals surface area contributed by atoms with Gasteiger partial charge in [0.05, 0.1) is 13.2 Å². The zero-order chi connectivity index (χ0) is 24.0. The van der Waals surface area contributed by atoms with Gasteiger partial charge in [-0.25, -0.2) is 4.79 Å². The number of rotatable bonds is 9. The van der Waals surface area contributed by atoms with Gasteiger partial charge in [0, 0.05) is 50.8 Å². The molecule has 9 heteroatoms. The zero-order valence-electron chi connectivity index (χ0n) is 19.9. The fourth-order valence-electron chi connectivity index (χ4n) is 4.20. The molecule has 0 spiro atoms. The van der Waals surface area contributed by atoms with Crippen molar-refractivity contribution in [3.8, 4) is 0 Å². The number of hydrogen-bond acceptors (Lipinski definition) is 5. The Hall–Kier alpha value is -3.07. The number of urea groups is 1. The van der Waals surface area contributed by atoms with E-state index in [4.69, 9.17) is 9.47 Å². The molecule has 2 aliphatic rings. The standard InChI is InChI=1S/C24H34N4O5/c1-5-6-7-8-11-27(18-12-19(32-3)14-20(13-18)33-4)24(31)28-16-21(29)26(2)22(23(28)30)17-9-10-25-15-17/h9-10,12,14-15,19,22,25H,5-8,11,13,16H2,1-4H3. The third-order valence-electron chi connectivity index (χ3n) is 6.15. The highest BCUT2D eigenvalue weighted by Crippen LogP contribution is 2.29. The maximum atomic E-state index is 13.7. The molecule has 1 aliphatic heterocycles. The molecule has 3 rings (SSSR count). The Balaban J connectivity index is 1.89. The molecule has 9 nitrogen and oxygen atoms in total. The van der Waals surface area contributed by atoms with Gasteiger partial charge in [-0.2, -0.15) is 0 Å². The summed E-state index contributed by atoms with van der Waals surface area (Å²) in [6.07, 6.45) is 11.0. The first kappa shape index (κ1) is 24.6. The molecule has 1 N–H and O–H groups in total. The van der Waals surface area contributed by atoms with Crippen LogP contribution in [0.1, 0.15) is 50.6 Å². The summed E-state index contributed by atoms with van der Waals surface area (Å²) in [6, 6.07) is 0.410. The molecule has 0 aromatic carbocycles. The van der Waals surface area contributed by atoms with E-state index >= 15 is 0 Å². The lowest BCUT2D eigenvalue weighted by atomic mass is 10.0. The van der Waals surface area contributed by atoms with Crippen LogP contribution in [0.2, 0.25) is 0 Å². The van der Waals surface area contributed by atoms with Gasteiger partial charge < -0.3 is 19.4 Å². The maximum Gasteiger partial charge on any atom is 0.331 e. The largest absolute Gasteiger partial charge is 0.501 e. The van der Waals surface area contributed by atoms with Gasteiger partial charge in [-0.05, 0) is 24.6 Å². The molecular weight excluding hydrogens is 424 g/mol. The summed E-state index contributed by atoms with van der Waals surface area (Å²) in [5.41, 5.74) is 1.35. The van der Waals surface area contributed by atoms with Gasteiger partial charge in [0.1, 0.15) is 18.3 Å². The van der Waals surface area contributed by atoms with Gasteiger partial charge in [0.2, 0.25) is 5.91 Å². The summed E-state index contributed by atoms with van der Waals surface area (Å²) in [5.74, 6) is -0.0101. The average molecular weight is 459 g/mol. The lowest BCUT2D eigenvalue weighted by Crippen LogP contribution is -2.58. The monoisotopic (exact) mass is 458 g/mol. The van der Waals surface area contributed by atoms with Crippen molar-refractivity contribution in [1.29, 1.82) is 0 Å². The number of carbonyl (C=O) groups excluding carboxylic acids is 3. The molecule has 2 heterocycles. The summed E-state index contributed by atoms with van der Waals surface area (Å²) in [7, 11) is 4.76. The number of H-pyrrole nitrogens is 1. The van der Waals surface area contributed by atoms with E-state index in [-0.39, 0.29) is 18.6 Å². The summed E-state index contributed by atoms with van der Waals surface area (Å²) in [6.45, 7) is 2.29. The molecule has 33 heavy (non-hydrogen) atoms. The SMILES string of the molecule is CCCCCCN(C(=O)N1CC(=O)N(C)C(c2cc[nH]c2)C1=O)C1=CC(OC)C=C(OC)C1. The minimum absolute atomic E-state index is 0.283. The molecule has 0 saturated carbocycles. The van der Waals surface area contributed by atoms with Crippen molar-refractivity contribution in [3.05, 3.63) is 47.6 Å². The van der Waals surface area contributed by atoms with Gasteiger partial charge in [0.15, 0.2) is 0 Å². The first-order valence-corrected chi connectivity index (χ1v) is 11.4. The van der Waals surface area contributed by atoms with Crippen LogP contribution in [-0.4, -0.2) is 78.0 Å². The number of aromatic nitrogens is 1. The number of ether oxygens (including phenoxy) is 2. The van der Waals surface area contributed by atoms with Crippen LogP contribution < -0.4 is 0 Å². The fourth-order valence-corrected chi connectivity index (χ4v) is 4.20. The molecular formula is C24H34N4O5. The molecule has 1 fully saturated rings. The highest BCUT2D eigenvalue weighted by atomic mass is 16.5. The average Bonchev–Trinajstić information content (AvgIpc) is 3.35. The second kappa shape index (κ2) is 11.2. The van der Waals surface area contributed by atoms with Crippen molar-refractivity contribution < 1.29 is 23.9 Å². The summed E-state index contributed by atoms with van der Waals surface area (Å²) >= 11 is 0. The lowest BCUT2D eigenvalue weighted by molar-refractivity contribution is -0.152. The normalized spacial score (nSPS) is 21.1. The molecule has 1 saturated heterocycles. The number of aromatic amines is 1. The molecule has 2 atom stereocenters. The van der Waals surface area contributed by atoms with Gasteiger partial charge in [-0.15, -0.1) is 0 Å². The number of likely N-dealkylation sites (N-methyl/N-ethyl adjacent to an activating group) is 1. The second-order valence-corrected chi connectivity index (χ2v) is 8.34. The van der Waals surface area contributed by atoms with Crippen LogP contribution in [0.25, 0.3) is 0 Å². The summed E-state index contributed by atoms with van der Waals surface area (Å²) in [5, 5.41) is 0. The highest BCUT2D eigenvalue weighted by Gasteiger charge is 2.43. The smallest absolute Gasteiger partial charge is 0.331 e. The Morgan fingerprint density at radius 3 is 2.64 bits per heavy atom. The minimum atomic E-state index is -0.843. The molecule has 180 valence electrons. The Kier molecular flexibility index (Phi) is 8.32. The Morgan fingerprint density at radius 1 is 1.21 bits per heavy atom. The van der Waals surface area contributed by atoms with E-state index in [0.717, 1.165) is 30.6 Å². The van der Waals surface area contributed by atoms with Crippen LogP contribution >= 0.6 is 0 Å². The number of imide groups is 1. The lowest BCUT2D eigenvalue weighted by Gasteiger charge is -2.40. The predicted molar refractivity (Wildman–Crippen MR) is 123 cm³/mol. The quantitative estimate of drug-likeness (QED) is 0.574. The van der Waals surface area contributed by atoms with Crippen molar-refractivity contribution >= 4 is 17.8 Å². The number of nitrogens with zero attached hydrogens (tertiary/aromatic N) is 3. The van der Waals surface area contributed by atoms with E-state index in [1.165, 1.54) is 4.90 Å². The number of methoxy groups -OCH3 is 2. The van der Waals surface area contributed by atoms with Crippen LogP contribution in [0.3, 0.4) is 0 Å². The third kappa shape index (κ3) is 5.47. The van der Waals surface area contributed by atoms with E-state index in [2.05, 4.69) is 11.9 Å². The van der Waals surface area contributed by atoms with Crippen molar-refractivity contribution in [2.75, 3.05) is 34.4 Å². The molecule has 1 aromatic heterocycles.